The highest BCUT2D eigenvalue weighted by Gasteiger charge is 2.22. The SMILES string of the molecule is CCCn1c(SCc2noc(C(C)(C)C)n2)nc2ccccc2c1=O. The molecule has 0 aliphatic carbocycles. The molecule has 0 amide bonds. The van der Waals surface area contributed by atoms with Gasteiger partial charge in [0.25, 0.3) is 5.56 Å². The zero-order valence-corrected chi connectivity index (χ0v) is 15.8. The average molecular weight is 358 g/mol. The van der Waals surface area contributed by atoms with Crippen LogP contribution in [0.1, 0.15) is 45.8 Å². The van der Waals surface area contributed by atoms with E-state index in [1.165, 1.54) is 11.8 Å². The zero-order valence-electron chi connectivity index (χ0n) is 14.9. The minimum absolute atomic E-state index is 0.00144. The lowest BCUT2D eigenvalue weighted by atomic mass is 9.97. The van der Waals surface area contributed by atoms with Crippen molar-refractivity contribution in [3.63, 3.8) is 0 Å². The first-order chi connectivity index (χ1) is 11.9. The maximum atomic E-state index is 12.7. The number of hydrogen-bond donors (Lipinski definition) is 0. The Morgan fingerprint density at radius 1 is 1.20 bits per heavy atom. The molecule has 2 aromatic heterocycles. The second-order valence-corrected chi connectivity index (χ2v) is 7.87. The summed E-state index contributed by atoms with van der Waals surface area (Å²) in [6.45, 7) is 8.77. The van der Waals surface area contributed by atoms with Crippen molar-refractivity contribution in [3.8, 4) is 0 Å². The topological polar surface area (TPSA) is 73.8 Å². The molecule has 25 heavy (non-hydrogen) atoms. The Labute approximate surface area is 150 Å². The normalized spacial score (nSPS) is 12.0. The molecule has 0 fully saturated rings. The maximum absolute atomic E-state index is 12.7. The largest absolute Gasteiger partial charge is 0.339 e. The summed E-state index contributed by atoms with van der Waals surface area (Å²) in [5, 5.41) is 5.37. The highest BCUT2D eigenvalue weighted by atomic mass is 32.2. The van der Waals surface area contributed by atoms with Crippen molar-refractivity contribution in [1.29, 1.82) is 0 Å². The summed E-state index contributed by atoms with van der Waals surface area (Å²) < 4.78 is 7.06. The fraction of sp³-hybridized carbons (Fsp3) is 0.444. The van der Waals surface area contributed by atoms with Crippen LogP contribution in [0.15, 0.2) is 38.7 Å². The molecule has 0 radical (unpaired) electrons. The van der Waals surface area contributed by atoms with Gasteiger partial charge in [-0.1, -0.05) is 56.7 Å². The molecule has 3 aromatic rings. The lowest BCUT2D eigenvalue weighted by Gasteiger charge is -2.11. The van der Waals surface area contributed by atoms with Crippen molar-refractivity contribution in [3.05, 3.63) is 46.3 Å². The number of thioether (sulfide) groups is 1. The van der Waals surface area contributed by atoms with Gasteiger partial charge in [-0.15, -0.1) is 0 Å². The number of fused-ring (bicyclic) bond motifs is 1. The van der Waals surface area contributed by atoms with Crippen LogP contribution in [-0.2, 0) is 17.7 Å². The molecule has 0 N–H and O–H groups in total. The molecule has 0 aliphatic heterocycles. The Bertz CT molecular complexity index is 940. The van der Waals surface area contributed by atoms with Gasteiger partial charge in [-0.05, 0) is 18.6 Å². The molecule has 2 heterocycles. The summed E-state index contributed by atoms with van der Waals surface area (Å²) in [6, 6.07) is 7.44. The third-order valence-electron chi connectivity index (χ3n) is 3.71. The van der Waals surface area contributed by atoms with Crippen LogP contribution in [0.2, 0.25) is 0 Å². The van der Waals surface area contributed by atoms with Gasteiger partial charge in [-0.3, -0.25) is 9.36 Å². The second-order valence-electron chi connectivity index (χ2n) is 6.92. The molecule has 0 atom stereocenters. The van der Waals surface area contributed by atoms with E-state index in [1.54, 1.807) is 4.57 Å². The van der Waals surface area contributed by atoms with E-state index in [4.69, 9.17) is 4.52 Å². The van der Waals surface area contributed by atoms with Crippen LogP contribution in [0, 0.1) is 0 Å². The van der Waals surface area contributed by atoms with Crippen LogP contribution in [-0.4, -0.2) is 19.7 Å². The van der Waals surface area contributed by atoms with Crippen molar-refractivity contribution in [2.75, 3.05) is 0 Å². The quantitative estimate of drug-likeness (QED) is 0.510. The molecule has 0 saturated carbocycles. The second kappa shape index (κ2) is 7.00. The van der Waals surface area contributed by atoms with E-state index in [-0.39, 0.29) is 11.0 Å². The van der Waals surface area contributed by atoms with Crippen molar-refractivity contribution in [1.82, 2.24) is 19.7 Å². The van der Waals surface area contributed by atoms with Gasteiger partial charge in [0.15, 0.2) is 11.0 Å². The molecule has 6 nitrogen and oxygen atoms in total. The number of nitrogens with zero attached hydrogens (tertiary/aromatic N) is 4. The van der Waals surface area contributed by atoms with E-state index in [1.807, 2.05) is 52.0 Å². The number of rotatable bonds is 5. The standard InChI is InChI=1S/C18H22N4O2S/c1-5-10-22-15(23)12-8-6-7-9-13(12)19-17(22)25-11-14-20-16(24-21-14)18(2,3)4/h6-9H,5,10-11H2,1-4H3. The fourth-order valence-electron chi connectivity index (χ4n) is 2.42. The molecule has 1 aromatic carbocycles. The summed E-state index contributed by atoms with van der Waals surface area (Å²) in [5.74, 6) is 1.73. The van der Waals surface area contributed by atoms with Crippen molar-refractivity contribution < 1.29 is 4.52 Å². The molecule has 3 rings (SSSR count). The van der Waals surface area contributed by atoms with Gasteiger partial charge in [-0.25, -0.2) is 4.98 Å². The van der Waals surface area contributed by atoms with Gasteiger partial charge in [0.05, 0.1) is 16.7 Å². The molecule has 132 valence electrons. The number of hydrogen-bond acceptors (Lipinski definition) is 6. The first kappa shape index (κ1) is 17.7. The fourth-order valence-corrected chi connectivity index (χ4v) is 3.29. The van der Waals surface area contributed by atoms with Crippen LogP contribution < -0.4 is 5.56 Å². The Kier molecular flexibility index (Phi) is 4.94. The van der Waals surface area contributed by atoms with E-state index in [9.17, 15) is 4.79 Å². The van der Waals surface area contributed by atoms with Crippen LogP contribution in [0.4, 0.5) is 0 Å². The number of aromatic nitrogens is 4. The highest BCUT2D eigenvalue weighted by Crippen LogP contribution is 2.24. The Hall–Kier alpha value is -2.15. The lowest BCUT2D eigenvalue weighted by Crippen LogP contribution is -2.23. The Balaban J connectivity index is 1.91. The third kappa shape index (κ3) is 3.76. The summed E-state index contributed by atoms with van der Waals surface area (Å²) in [7, 11) is 0. The molecule has 0 unspecified atom stereocenters. The van der Waals surface area contributed by atoms with E-state index < -0.39 is 0 Å². The van der Waals surface area contributed by atoms with Crippen LogP contribution in [0.3, 0.4) is 0 Å². The lowest BCUT2D eigenvalue weighted by molar-refractivity contribution is 0.319. The summed E-state index contributed by atoms with van der Waals surface area (Å²) >= 11 is 1.46. The molecule has 0 spiro atoms. The summed E-state index contributed by atoms with van der Waals surface area (Å²) in [6.07, 6.45) is 0.865. The monoisotopic (exact) mass is 358 g/mol. The zero-order chi connectivity index (χ0) is 18.0. The van der Waals surface area contributed by atoms with E-state index in [2.05, 4.69) is 15.1 Å². The van der Waals surface area contributed by atoms with Gasteiger partial charge in [0, 0.05) is 12.0 Å². The van der Waals surface area contributed by atoms with E-state index >= 15 is 0 Å². The predicted molar refractivity (Wildman–Crippen MR) is 98.9 cm³/mol. The molecular weight excluding hydrogens is 336 g/mol. The van der Waals surface area contributed by atoms with Gasteiger partial charge in [0.1, 0.15) is 0 Å². The van der Waals surface area contributed by atoms with E-state index in [0.717, 1.165) is 6.42 Å². The first-order valence-electron chi connectivity index (χ1n) is 8.35. The highest BCUT2D eigenvalue weighted by molar-refractivity contribution is 7.98. The molecule has 7 heteroatoms. The number of para-hydroxylation sites is 1. The molecule has 0 aliphatic rings. The molecule has 0 saturated heterocycles. The first-order valence-corrected chi connectivity index (χ1v) is 9.34. The van der Waals surface area contributed by atoms with E-state index in [0.29, 0.717) is 40.1 Å². The third-order valence-corrected chi connectivity index (χ3v) is 4.69. The maximum Gasteiger partial charge on any atom is 0.262 e. The Morgan fingerprint density at radius 3 is 2.64 bits per heavy atom. The van der Waals surface area contributed by atoms with Crippen molar-refractivity contribution >= 4 is 22.7 Å². The van der Waals surface area contributed by atoms with Gasteiger partial charge in [0.2, 0.25) is 5.89 Å². The predicted octanol–water partition coefficient (Wildman–Crippen LogP) is 3.78. The smallest absolute Gasteiger partial charge is 0.262 e. The van der Waals surface area contributed by atoms with Crippen LogP contribution >= 0.6 is 11.8 Å². The van der Waals surface area contributed by atoms with Gasteiger partial charge >= 0.3 is 0 Å². The molecule has 0 bridgehead atoms. The Morgan fingerprint density at radius 2 is 1.96 bits per heavy atom. The van der Waals surface area contributed by atoms with Gasteiger partial charge < -0.3 is 4.52 Å². The van der Waals surface area contributed by atoms with Crippen molar-refractivity contribution in [2.45, 2.75) is 57.0 Å². The minimum atomic E-state index is -0.179. The minimum Gasteiger partial charge on any atom is -0.339 e. The molecular formula is C18H22N4O2S. The summed E-state index contributed by atoms with van der Waals surface area (Å²) in [4.78, 5) is 21.9. The number of benzene rings is 1. The van der Waals surface area contributed by atoms with Gasteiger partial charge in [-0.2, -0.15) is 4.98 Å². The van der Waals surface area contributed by atoms with Crippen molar-refractivity contribution in [2.24, 2.45) is 0 Å². The summed E-state index contributed by atoms with van der Waals surface area (Å²) in [5.41, 5.74) is 0.533. The average Bonchev–Trinajstić information content (AvgIpc) is 3.05. The van der Waals surface area contributed by atoms with Crippen LogP contribution in [0.25, 0.3) is 10.9 Å². The van der Waals surface area contributed by atoms with Crippen LogP contribution in [0.5, 0.6) is 0 Å².